The molecule has 0 bridgehead atoms. The Bertz CT molecular complexity index is 161. The Kier molecular flexibility index (Phi) is 14.1. The molecule has 1 rings (SSSR count). The Morgan fingerprint density at radius 3 is 2.00 bits per heavy atom. The smallest absolute Gasteiger partial charge is 0.303 e. The van der Waals surface area contributed by atoms with Crippen LogP contribution in [0.3, 0.4) is 0 Å². The van der Waals surface area contributed by atoms with E-state index in [0.29, 0.717) is 6.42 Å². The largest absolute Gasteiger partial charge is 0.481 e. The van der Waals surface area contributed by atoms with E-state index >= 15 is 0 Å². The maximum atomic E-state index is 10.1. The van der Waals surface area contributed by atoms with Crippen LogP contribution in [0, 0.1) is 0 Å². The highest BCUT2D eigenvalue weighted by atomic mass is 16.4. The molecule has 0 spiro atoms. The van der Waals surface area contributed by atoms with Gasteiger partial charge in [0.15, 0.2) is 0 Å². The van der Waals surface area contributed by atoms with Crippen molar-refractivity contribution in [2.24, 2.45) is 0 Å². The number of aliphatic carboxylic acids is 1. The third-order valence-corrected chi connectivity index (χ3v) is 1.37. The van der Waals surface area contributed by atoms with E-state index in [4.69, 9.17) is 5.11 Å². The summed E-state index contributed by atoms with van der Waals surface area (Å²) in [6.07, 6.45) is 4.04. The molecule has 0 radical (unpaired) electrons. The number of hydrogen-bond acceptors (Lipinski definition) is 2. The fraction of sp³-hybridized carbons (Fsp3) is 0.818. The van der Waals surface area contributed by atoms with Gasteiger partial charge in [-0.05, 0) is 12.8 Å². The Hall–Kier alpha value is -1.06. The van der Waals surface area contributed by atoms with E-state index in [1.54, 1.807) is 0 Å². The summed E-state index contributed by atoms with van der Waals surface area (Å²) in [5.41, 5.74) is 0. The van der Waals surface area contributed by atoms with Crippen LogP contribution in [-0.2, 0) is 9.59 Å². The molecule has 1 saturated heterocycles. The van der Waals surface area contributed by atoms with Crippen LogP contribution >= 0.6 is 0 Å². The lowest BCUT2D eigenvalue weighted by molar-refractivity contribution is -0.137. The second-order valence-electron chi connectivity index (χ2n) is 3.30. The van der Waals surface area contributed by atoms with Crippen molar-refractivity contribution in [1.29, 1.82) is 0 Å². The van der Waals surface area contributed by atoms with Gasteiger partial charge in [0.05, 0.1) is 0 Å². The summed E-state index contributed by atoms with van der Waals surface area (Å²) < 4.78 is 0. The zero-order chi connectivity index (χ0) is 12.1. The third kappa shape index (κ3) is 19.4. The number of carbonyl (C=O) groups is 2. The van der Waals surface area contributed by atoms with E-state index in [1.165, 1.54) is 6.42 Å². The average molecular weight is 217 g/mol. The molecule has 0 aromatic rings. The van der Waals surface area contributed by atoms with Crippen molar-refractivity contribution in [3.8, 4) is 0 Å². The maximum Gasteiger partial charge on any atom is 0.303 e. The van der Waals surface area contributed by atoms with Gasteiger partial charge >= 0.3 is 5.97 Å². The van der Waals surface area contributed by atoms with Crippen LogP contribution in [0.15, 0.2) is 0 Å². The van der Waals surface area contributed by atoms with Gasteiger partial charge in [-0.25, -0.2) is 0 Å². The first-order chi connectivity index (χ1) is 7.08. The molecule has 2 N–H and O–H groups in total. The first-order valence-electron chi connectivity index (χ1n) is 5.56. The highest BCUT2D eigenvalue weighted by Crippen LogP contribution is 1.93. The molecule has 0 atom stereocenters. The predicted molar refractivity (Wildman–Crippen MR) is 60.8 cm³/mol. The number of nitrogens with one attached hydrogen (secondary N) is 1. The van der Waals surface area contributed by atoms with Crippen molar-refractivity contribution in [3.05, 3.63) is 0 Å². The van der Waals surface area contributed by atoms with Crippen LogP contribution in [0.4, 0.5) is 0 Å². The molecule has 4 heteroatoms. The molecular weight excluding hydrogens is 194 g/mol. The van der Waals surface area contributed by atoms with Crippen molar-refractivity contribution < 1.29 is 14.7 Å². The second kappa shape index (κ2) is 12.9. The first kappa shape index (κ1) is 16.4. The first-order valence-corrected chi connectivity index (χ1v) is 5.56. The number of carboxylic acids is 1. The summed E-state index contributed by atoms with van der Waals surface area (Å²) in [6.45, 7) is 6.98. The SMILES string of the molecule is CCC.CCCC(=O)O.O=C1CCCN1. The quantitative estimate of drug-likeness (QED) is 0.745. The average Bonchev–Trinajstić information content (AvgIpc) is 2.58. The second-order valence-corrected chi connectivity index (χ2v) is 3.30. The summed E-state index contributed by atoms with van der Waals surface area (Å²) in [4.78, 5) is 19.7. The summed E-state index contributed by atoms with van der Waals surface area (Å²) in [6, 6.07) is 0. The fourth-order valence-electron chi connectivity index (χ4n) is 0.779. The maximum absolute atomic E-state index is 10.1. The molecular formula is C11H23NO3. The Labute approximate surface area is 92.1 Å². The summed E-state index contributed by atoms with van der Waals surface area (Å²) in [5.74, 6) is -0.507. The van der Waals surface area contributed by atoms with Gasteiger partial charge in [-0.1, -0.05) is 27.2 Å². The Morgan fingerprint density at radius 1 is 1.40 bits per heavy atom. The molecule has 1 amide bonds. The monoisotopic (exact) mass is 217 g/mol. The minimum absolute atomic E-state index is 0.204. The molecule has 0 aromatic heterocycles. The topological polar surface area (TPSA) is 66.4 Å². The van der Waals surface area contributed by atoms with Gasteiger partial charge in [-0.2, -0.15) is 0 Å². The molecule has 1 aliphatic rings. The van der Waals surface area contributed by atoms with E-state index in [-0.39, 0.29) is 5.91 Å². The molecule has 0 saturated carbocycles. The molecule has 90 valence electrons. The Morgan fingerprint density at radius 2 is 1.93 bits per heavy atom. The van der Waals surface area contributed by atoms with Crippen LogP contribution in [0.1, 0.15) is 52.9 Å². The molecule has 0 aromatic carbocycles. The number of amides is 1. The van der Waals surface area contributed by atoms with Gasteiger partial charge in [0.25, 0.3) is 0 Å². The molecule has 1 fully saturated rings. The van der Waals surface area contributed by atoms with E-state index < -0.39 is 5.97 Å². The minimum Gasteiger partial charge on any atom is -0.481 e. The minimum atomic E-state index is -0.711. The van der Waals surface area contributed by atoms with Crippen molar-refractivity contribution in [2.75, 3.05) is 6.54 Å². The fourth-order valence-corrected chi connectivity index (χ4v) is 0.779. The van der Waals surface area contributed by atoms with Crippen LogP contribution < -0.4 is 5.32 Å². The molecule has 4 nitrogen and oxygen atoms in total. The van der Waals surface area contributed by atoms with Crippen molar-refractivity contribution in [2.45, 2.75) is 52.9 Å². The molecule has 1 heterocycles. The van der Waals surface area contributed by atoms with Gasteiger partial charge in [0, 0.05) is 19.4 Å². The highest BCUT2D eigenvalue weighted by molar-refractivity contribution is 5.77. The van der Waals surface area contributed by atoms with Crippen molar-refractivity contribution >= 4 is 11.9 Å². The summed E-state index contributed by atoms with van der Waals surface area (Å²) in [5, 5.41) is 10.6. The highest BCUT2D eigenvalue weighted by Gasteiger charge is 2.05. The number of hydrogen-bond donors (Lipinski definition) is 2. The zero-order valence-corrected chi connectivity index (χ0v) is 10.0. The van der Waals surface area contributed by atoms with Crippen LogP contribution in [0.2, 0.25) is 0 Å². The summed E-state index contributed by atoms with van der Waals surface area (Å²) >= 11 is 0. The number of carbonyl (C=O) groups excluding carboxylic acids is 1. The van der Waals surface area contributed by atoms with E-state index in [1.807, 2.05) is 6.92 Å². The normalized spacial score (nSPS) is 12.9. The molecule has 15 heavy (non-hydrogen) atoms. The van der Waals surface area contributed by atoms with Gasteiger partial charge in [0.1, 0.15) is 0 Å². The summed E-state index contributed by atoms with van der Waals surface area (Å²) in [7, 11) is 0. The lowest BCUT2D eigenvalue weighted by Crippen LogP contribution is -2.12. The van der Waals surface area contributed by atoms with Gasteiger partial charge in [0.2, 0.25) is 5.91 Å². The number of rotatable bonds is 2. The van der Waals surface area contributed by atoms with Crippen molar-refractivity contribution in [1.82, 2.24) is 5.32 Å². The molecule has 0 unspecified atom stereocenters. The van der Waals surface area contributed by atoms with Crippen molar-refractivity contribution in [3.63, 3.8) is 0 Å². The lowest BCUT2D eigenvalue weighted by atomic mass is 10.4. The predicted octanol–water partition coefficient (Wildman–Crippen LogP) is 2.18. The van der Waals surface area contributed by atoms with E-state index in [0.717, 1.165) is 25.8 Å². The van der Waals surface area contributed by atoms with Crippen LogP contribution in [0.25, 0.3) is 0 Å². The molecule has 0 aliphatic carbocycles. The van der Waals surface area contributed by atoms with E-state index in [2.05, 4.69) is 19.2 Å². The third-order valence-electron chi connectivity index (χ3n) is 1.37. The van der Waals surface area contributed by atoms with Gasteiger partial charge in [-0.15, -0.1) is 0 Å². The van der Waals surface area contributed by atoms with E-state index in [9.17, 15) is 9.59 Å². The number of carboxylic acid groups (broad SMARTS) is 1. The van der Waals surface area contributed by atoms with Gasteiger partial charge in [-0.3, -0.25) is 9.59 Å². The van der Waals surface area contributed by atoms with Crippen LogP contribution in [-0.4, -0.2) is 23.5 Å². The molecule has 1 aliphatic heterocycles. The lowest BCUT2D eigenvalue weighted by Gasteiger charge is -1.80. The Balaban J connectivity index is 0. The standard InChI is InChI=1S/C4H7NO.C4H8O2.C3H8/c6-4-2-1-3-5-4;1-2-3-4(5)6;1-3-2/h1-3H2,(H,5,6);2-3H2,1H3,(H,5,6);3H2,1-2H3. The zero-order valence-electron chi connectivity index (χ0n) is 10.0. The van der Waals surface area contributed by atoms with Gasteiger partial charge < -0.3 is 10.4 Å². The van der Waals surface area contributed by atoms with Crippen LogP contribution in [0.5, 0.6) is 0 Å².